The van der Waals surface area contributed by atoms with Crippen LogP contribution in [0.25, 0.3) is 0 Å². The van der Waals surface area contributed by atoms with Gasteiger partial charge in [-0.3, -0.25) is 4.90 Å². The van der Waals surface area contributed by atoms with Crippen LogP contribution in [0.5, 0.6) is 0 Å². The van der Waals surface area contributed by atoms with Crippen molar-refractivity contribution in [1.82, 2.24) is 4.90 Å². The van der Waals surface area contributed by atoms with Crippen molar-refractivity contribution < 1.29 is 142 Å². The Morgan fingerprint density at radius 1 is 1.00 bits per heavy atom. The third-order valence-corrected chi connectivity index (χ3v) is 2.02. The molecule has 0 amide bonds. The van der Waals surface area contributed by atoms with E-state index in [4.69, 9.17) is 10.2 Å². The van der Waals surface area contributed by atoms with Gasteiger partial charge in [0.25, 0.3) is 0 Å². The van der Waals surface area contributed by atoms with E-state index < -0.39 is 12.2 Å². The fraction of sp³-hybridized carbons (Fsp3) is 1.00. The molecule has 0 aliphatic carbocycles. The molecule has 0 aromatic rings. The van der Waals surface area contributed by atoms with Gasteiger partial charge in [-0.15, -0.1) is 0 Å². The van der Waals surface area contributed by atoms with Crippen LogP contribution in [0, 0.1) is 0 Å². The Balaban J connectivity index is -0.0000000417. The molecule has 3 N–H and O–H groups in total. The third-order valence-electron chi connectivity index (χ3n) is 2.02. The van der Waals surface area contributed by atoms with Crippen LogP contribution < -0.4 is 0 Å². The number of β-amino-alcohol motifs (C(OH)–C–C–N with tert-alkyl or cyclic N) is 1. The molecule has 0 bridgehead atoms. The van der Waals surface area contributed by atoms with Gasteiger partial charge in [0.1, 0.15) is 0 Å². The van der Waals surface area contributed by atoms with Crippen LogP contribution in [0.15, 0.2) is 0 Å². The number of aliphatic hydroxyl groups excluding tert-OH is 3. The summed E-state index contributed by atoms with van der Waals surface area (Å²) in [5.41, 5.74) is 0. The largest absolute Gasteiger partial charge is 0.395 e. The first kappa shape index (κ1) is 36.8. The topological polar surface area (TPSA) is 63.9 Å². The summed E-state index contributed by atoms with van der Waals surface area (Å²) < 4.78 is 0. The molecule has 0 radical (unpaired) electrons. The smallest absolute Gasteiger partial charge is 0.0988 e. The molecule has 1 heterocycles. The third kappa shape index (κ3) is 10.7. The first-order chi connectivity index (χ1) is 4.66. The molecule has 0 aromatic heterocycles. The number of rotatable bonds is 1. The van der Waals surface area contributed by atoms with Gasteiger partial charge in [-0.05, 0) is 7.05 Å². The van der Waals surface area contributed by atoms with Gasteiger partial charge in [-0.2, -0.15) is 0 Å². The summed E-state index contributed by atoms with van der Waals surface area (Å²) in [6.45, 7) is 0.334. The van der Waals surface area contributed by atoms with Crippen LogP contribution in [0.4, 0.5) is 0 Å². The average Bonchev–Trinajstić information content (AvgIpc) is 2.09. The molecule has 10 heteroatoms. The molecule has 1 aliphatic heterocycles. The zero-order valence-electron chi connectivity index (χ0n) is 8.38. The van der Waals surface area contributed by atoms with Gasteiger partial charge in [0.05, 0.1) is 24.9 Å². The molecule has 16 heavy (non-hydrogen) atoms. The van der Waals surface area contributed by atoms with Crippen LogP contribution in [0.1, 0.15) is 0 Å². The summed E-state index contributed by atoms with van der Waals surface area (Å²) in [7, 11) is 1.76. The minimum Gasteiger partial charge on any atom is -0.395 e. The molecule has 1 aliphatic rings. The molecule has 0 spiro atoms. The van der Waals surface area contributed by atoms with Crippen molar-refractivity contribution in [1.29, 1.82) is 0 Å². The SMILES string of the molecule is CN1C[C@@H](O)[C@H](O)[C@H]1CO.[W].[W].[W].[W].[W].[W]. The summed E-state index contributed by atoms with van der Waals surface area (Å²) in [6.07, 6.45) is -1.50. The van der Waals surface area contributed by atoms with E-state index in [9.17, 15) is 5.11 Å². The molecular weight excluding hydrogens is 1240 g/mol. The normalized spacial score (nSPS) is 26.6. The van der Waals surface area contributed by atoms with Crippen molar-refractivity contribution >= 4 is 0 Å². The molecule has 96 valence electrons. The molecule has 0 saturated carbocycles. The van der Waals surface area contributed by atoms with Crippen LogP contribution in [0.3, 0.4) is 0 Å². The molecule has 3 atom stereocenters. The number of nitrogens with zero attached hydrogens (tertiary/aromatic N) is 1. The Bertz CT molecular complexity index is 135. The molecule has 0 aromatic carbocycles. The average molecular weight is 1250 g/mol. The Kier molecular flexibility index (Phi) is 43.7. The van der Waals surface area contributed by atoms with E-state index in [2.05, 4.69) is 0 Å². The van der Waals surface area contributed by atoms with Gasteiger partial charge in [-0.25, -0.2) is 0 Å². The van der Waals surface area contributed by atoms with Crippen LogP contribution in [0.2, 0.25) is 0 Å². The number of hydrogen-bond acceptors (Lipinski definition) is 4. The fourth-order valence-electron chi connectivity index (χ4n) is 1.30. The molecule has 1 saturated heterocycles. The van der Waals surface area contributed by atoms with E-state index in [0.29, 0.717) is 6.54 Å². The number of likely N-dealkylation sites (N-methyl/N-ethyl adjacent to an activating group) is 1. The van der Waals surface area contributed by atoms with E-state index in [1.807, 2.05) is 0 Å². The van der Waals surface area contributed by atoms with Crippen molar-refractivity contribution in [2.24, 2.45) is 0 Å². The van der Waals surface area contributed by atoms with E-state index in [1.165, 1.54) is 0 Å². The Hall–Kier alpha value is 3.97. The standard InChI is InChI=1S/C6H13NO3.6W/c1-7-2-5(9)6(10)4(7)3-8;;;;;;/h4-6,8-10H,2-3H2,1H3;;;;;;/t4-,5-,6-;;;;;;/m1....../s1. The monoisotopic (exact) mass is 1250 g/mol. The molecule has 1 fully saturated rings. The minimum atomic E-state index is -0.796. The van der Waals surface area contributed by atoms with Crippen molar-refractivity contribution in [2.45, 2.75) is 18.2 Å². The Morgan fingerprint density at radius 3 is 1.50 bits per heavy atom. The van der Waals surface area contributed by atoms with Crippen LogP contribution >= 0.6 is 0 Å². The first-order valence-corrected chi connectivity index (χ1v) is 3.34. The second-order valence-electron chi connectivity index (χ2n) is 2.75. The number of likely N-dealkylation sites (tertiary alicyclic amines) is 1. The van der Waals surface area contributed by atoms with Gasteiger partial charge in [-0.1, -0.05) is 0 Å². The molecule has 4 nitrogen and oxygen atoms in total. The predicted molar refractivity (Wildman–Crippen MR) is 35.5 cm³/mol. The van der Waals surface area contributed by atoms with Crippen molar-refractivity contribution in [2.75, 3.05) is 20.2 Å². The van der Waals surface area contributed by atoms with E-state index in [1.54, 1.807) is 11.9 Å². The first-order valence-electron chi connectivity index (χ1n) is 3.34. The van der Waals surface area contributed by atoms with E-state index in [0.717, 1.165) is 0 Å². The zero-order chi connectivity index (χ0) is 7.72. The summed E-state index contributed by atoms with van der Waals surface area (Å²) >= 11 is 0. The van der Waals surface area contributed by atoms with Crippen LogP contribution in [-0.2, 0) is 126 Å². The molecule has 1 rings (SSSR count). The zero-order valence-corrected chi connectivity index (χ0v) is 26.0. The summed E-state index contributed by atoms with van der Waals surface area (Å²) in [4.78, 5) is 1.75. The maximum Gasteiger partial charge on any atom is 0.0988 e. The van der Waals surface area contributed by atoms with Gasteiger partial charge in [0, 0.05) is 133 Å². The molecule has 0 unspecified atom stereocenters. The van der Waals surface area contributed by atoms with Crippen molar-refractivity contribution in [3.63, 3.8) is 0 Å². The summed E-state index contributed by atoms with van der Waals surface area (Å²) in [5, 5.41) is 27.0. The van der Waals surface area contributed by atoms with Crippen LogP contribution in [-0.4, -0.2) is 58.7 Å². The summed E-state index contributed by atoms with van der Waals surface area (Å²) in [5.74, 6) is 0. The Labute approximate surface area is 182 Å². The maximum atomic E-state index is 9.18. The predicted octanol–water partition coefficient (Wildman–Crippen LogP) is -2.00. The minimum absolute atomic E-state index is 0. The van der Waals surface area contributed by atoms with Gasteiger partial charge < -0.3 is 15.3 Å². The van der Waals surface area contributed by atoms with E-state index in [-0.39, 0.29) is 139 Å². The second kappa shape index (κ2) is 19.0. The molecular formula is C6H13NO3W6. The second-order valence-corrected chi connectivity index (χ2v) is 2.75. The fourth-order valence-corrected chi connectivity index (χ4v) is 1.30. The Morgan fingerprint density at radius 2 is 1.38 bits per heavy atom. The quantitative estimate of drug-likeness (QED) is 0.285. The van der Waals surface area contributed by atoms with Crippen molar-refractivity contribution in [3.8, 4) is 0 Å². The van der Waals surface area contributed by atoms with E-state index >= 15 is 0 Å². The van der Waals surface area contributed by atoms with Gasteiger partial charge >= 0.3 is 0 Å². The van der Waals surface area contributed by atoms with Crippen molar-refractivity contribution in [3.05, 3.63) is 0 Å². The van der Waals surface area contributed by atoms with Gasteiger partial charge in [0.2, 0.25) is 0 Å². The van der Waals surface area contributed by atoms with Gasteiger partial charge in [0.15, 0.2) is 0 Å². The number of aliphatic hydroxyl groups is 3. The number of hydrogen-bond donors (Lipinski definition) is 3. The maximum absolute atomic E-state index is 9.18. The summed E-state index contributed by atoms with van der Waals surface area (Å²) in [6, 6.07) is -0.296.